The zero-order valence-electron chi connectivity index (χ0n) is 11.2. The molecule has 0 spiro atoms. The monoisotopic (exact) mass is 275 g/mol. The highest BCUT2D eigenvalue weighted by Crippen LogP contribution is 2.35. The molecule has 0 atom stereocenters. The summed E-state index contributed by atoms with van der Waals surface area (Å²) in [5, 5.41) is 0. The molecule has 0 saturated carbocycles. The Morgan fingerprint density at radius 3 is 2.70 bits per heavy atom. The van der Waals surface area contributed by atoms with Crippen molar-refractivity contribution in [3.8, 4) is 16.9 Å². The zero-order chi connectivity index (χ0) is 14.3. The topological polar surface area (TPSA) is 35.2 Å². The lowest BCUT2D eigenvalue weighted by Gasteiger charge is -2.11. The number of ether oxygens (including phenoxy) is 1. The maximum Gasteiger partial charge on any atom is 0.133 e. The molecule has 4 heteroatoms. The van der Waals surface area contributed by atoms with E-state index in [0.717, 1.165) is 34.9 Å². The minimum atomic E-state index is -0.560. The lowest BCUT2D eigenvalue weighted by Crippen LogP contribution is -2.00. The van der Waals surface area contributed by atoms with Crippen LogP contribution in [0.3, 0.4) is 0 Å². The average molecular weight is 275 g/mol. The van der Waals surface area contributed by atoms with Gasteiger partial charge < -0.3 is 10.5 Å². The van der Waals surface area contributed by atoms with Crippen molar-refractivity contribution in [3.63, 3.8) is 0 Å². The second kappa shape index (κ2) is 4.87. The minimum absolute atomic E-state index is 0.331. The van der Waals surface area contributed by atoms with E-state index >= 15 is 0 Å². The maximum atomic E-state index is 14.0. The number of hydrogen-bond donors (Lipinski definition) is 1. The van der Waals surface area contributed by atoms with E-state index < -0.39 is 11.6 Å². The van der Waals surface area contributed by atoms with Gasteiger partial charge in [-0.2, -0.15) is 0 Å². The van der Waals surface area contributed by atoms with Gasteiger partial charge in [0.2, 0.25) is 0 Å². The number of hydrogen-bond acceptors (Lipinski definition) is 2. The van der Waals surface area contributed by atoms with Gasteiger partial charge in [-0.1, -0.05) is 0 Å². The van der Waals surface area contributed by atoms with E-state index in [-0.39, 0.29) is 0 Å². The molecule has 0 radical (unpaired) electrons. The van der Waals surface area contributed by atoms with Gasteiger partial charge in [0.15, 0.2) is 0 Å². The van der Waals surface area contributed by atoms with Crippen LogP contribution in [0.25, 0.3) is 11.1 Å². The van der Waals surface area contributed by atoms with Gasteiger partial charge in [0.1, 0.15) is 17.4 Å². The average Bonchev–Trinajstić information content (AvgIpc) is 2.90. The van der Waals surface area contributed by atoms with Gasteiger partial charge in [0.05, 0.1) is 6.61 Å². The molecular weight excluding hydrogens is 260 g/mol. The zero-order valence-corrected chi connectivity index (χ0v) is 11.2. The summed E-state index contributed by atoms with van der Waals surface area (Å²) < 4.78 is 32.9. The van der Waals surface area contributed by atoms with Gasteiger partial charge in [-0.25, -0.2) is 8.78 Å². The molecule has 2 nitrogen and oxygen atoms in total. The summed E-state index contributed by atoms with van der Waals surface area (Å²) in [4.78, 5) is 0. The SMILES string of the molecule is Cc1cc(-c2cc(CN)c3c(c2)CCO3)c(F)cc1F. The number of nitrogens with two attached hydrogens (primary N) is 1. The van der Waals surface area contributed by atoms with Gasteiger partial charge in [-0.05, 0) is 41.8 Å². The molecule has 104 valence electrons. The van der Waals surface area contributed by atoms with Gasteiger partial charge >= 0.3 is 0 Å². The number of rotatable bonds is 2. The fourth-order valence-electron chi connectivity index (χ4n) is 2.57. The first kappa shape index (κ1) is 13.1. The molecule has 20 heavy (non-hydrogen) atoms. The Bertz CT molecular complexity index is 683. The van der Waals surface area contributed by atoms with Crippen molar-refractivity contribution in [1.29, 1.82) is 0 Å². The summed E-state index contributed by atoms with van der Waals surface area (Å²) >= 11 is 0. The molecule has 1 aliphatic rings. The van der Waals surface area contributed by atoms with Crippen LogP contribution in [0.2, 0.25) is 0 Å². The minimum Gasteiger partial charge on any atom is -0.493 e. The Kier molecular flexibility index (Phi) is 3.18. The van der Waals surface area contributed by atoms with Gasteiger partial charge in [-0.3, -0.25) is 0 Å². The summed E-state index contributed by atoms with van der Waals surface area (Å²) in [7, 11) is 0. The van der Waals surface area contributed by atoms with Crippen LogP contribution in [0.4, 0.5) is 8.78 Å². The van der Waals surface area contributed by atoms with E-state index in [1.807, 2.05) is 12.1 Å². The molecule has 0 aliphatic carbocycles. The second-order valence-electron chi connectivity index (χ2n) is 5.01. The molecule has 0 saturated heterocycles. The molecule has 0 bridgehead atoms. The van der Waals surface area contributed by atoms with Crippen molar-refractivity contribution < 1.29 is 13.5 Å². The predicted octanol–water partition coefficient (Wildman–Crippen LogP) is 3.33. The molecule has 2 aromatic rings. The Labute approximate surface area is 116 Å². The first-order chi connectivity index (χ1) is 9.60. The molecular formula is C16H15F2NO. The molecule has 0 fully saturated rings. The second-order valence-corrected chi connectivity index (χ2v) is 5.01. The van der Waals surface area contributed by atoms with E-state index in [1.54, 1.807) is 6.92 Å². The fraction of sp³-hybridized carbons (Fsp3) is 0.250. The summed E-state index contributed by atoms with van der Waals surface area (Å²) in [5.74, 6) is -0.278. The van der Waals surface area contributed by atoms with Crippen molar-refractivity contribution in [3.05, 3.63) is 52.6 Å². The highest BCUT2D eigenvalue weighted by molar-refractivity contribution is 5.69. The third-order valence-electron chi connectivity index (χ3n) is 3.64. The highest BCUT2D eigenvalue weighted by Gasteiger charge is 2.19. The van der Waals surface area contributed by atoms with Crippen LogP contribution in [0, 0.1) is 18.6 Å². The van der Waals surface area contributed by atoms with Crippen LogP contribution >= 0.6 is 0 Å². The first-order valence-electron chi connectivity index (χ1n) is 6.55. The maximum absolute atomic E-state index is 14.0. The normalized spacial score (nSPS) is 13.2. The van der Waals surface area contributed by atoms with Crippen molar-refractivity contribution in [2.75, 3.05) is 6.61 Å². The van der Waals surface area contributed by atoms with Crippen LogP contribution in [0.1, 0.15) is 16.7 Å². The molecule has 3 rings (SSSR count). The standard InChI is InChI=1S/C16H15F2NO/c1-9-4-13(15(18)7-14(9)17)11-5-10-2-3-20-16(10)12(6-11)8-19/h4-7H,2-3,8,19H2,1H3. The van der Waals surface area contributed by atoms with Gasteiger partial charge in [-0.15, -0.1) is 0 Å². The predicted molar refractivity (Wildman–Crippen MR) is 73.6 cm³/mol. The number of fused-ring (bicyclic) bond motifs is 1. The van der Waals surface area contributed by atoms with Crippen LogP contribution < -0.4 is 10.5 Å². The lowest BCUT2D eigenvalue weighted by atomic mass is 9.96. The van der Waals surface area contributed by atoms with Crippen LogP contribution in [0.5, 0.6) is 5.75 Å². The largest absolute Gasteiger partial charge is 0.493 e. The first-order valence-corrected chi connectivity index (χ1v) is 6.55. The van der Waals surface area contributed by atoms with E-state index in [2.05, 4.69) is 0 Å². The van der Waals surface area contributed by atoms with Crippen molar-refractivity contribution in [2.24, 2.45) is 5.73 Å². The molecule has 0 unspecified atom stereocenters. The van der Waals surface area contributed by atoms with Crippen molar-refractivity contribution in [1.82, 2.24) is 0 Å². The quantitative estimate of drug-likeness (QED) is 0.912. The van der Waals surface area contributed by atoms with E-state index in [9.17, 15) is 8.78 Å². The van der Waals surface area contributed by atoms with Crippen molar-refractivity contribution >= 4 is 0 Å². The van der Waals surface area contributed by atoms with Crippen molar-refractivity contribution in [2.45, 2.75) is 19.9 Å². The molecule has 2 aromatic carbocycles. The number of benzene rings is 2. The Morgan fingerprint density at radius 2 is 1.95 bits per heavy atom. The Hall–Kier alpha value is -1.94. The summed E-state index contributed by atoms with van der Waals surface area (Å²) in [6, 6.07) is 6.18. The summed E-state index contributed by atoms with van der Waals surface area (Å²) in [6.07, 6.45) is 0.790. The summed E-state index contributed by atoms with van der Waals surface area (Å²) in [5.41, 5.74) is 9.16. The number of aryl methyl sites for hydroxylation is 1. The molecule has 1 aliphatic heterocycles. The van der Waals surface area contributed by atoms with Gasteiger partial charge in [0.25, 0.3) is 0 Å². The third-order valence-corrected chi connectivity index (χ3v) is 3.64. The Balaban J connectivity index is 2.18. The molecule has 1 heterocycles. The highest BCUT2D eigenvalue weighted by atomic mass is 19.1. The van der Waals surface area contributed by atoms with E-state index in [1.165, 1.54) is 6.07 Å². The molecule has 2 N–H and O–H groups in total. The molecule has 0 amide bonds. The van der Waals surface area contributed by atoms with Crippen LogP contribution in [-0.2, 0) is 13.0 Å². The third kappa shape index (κ3) is 2.06. The fourth-order valence-corrected chi connectivity index (χ4v) is 2.57. The Morgan fingerprint density at radius 1 is 1.15 bits per heavy atom. The van der Waals surface area contributed by atoms with Gasteiger partial charge in [0, 0.05) is 30.2 Å². The smallest absolute Gasteiger partial charge is 0.133 e. The molecule has 0 aromatic heterocycles. The van der Waals surface area contributed by atoms with E-state index in [4.69, 9.17) is 10.5 Å². The lowest BCUT2D eigenvalue weighted by molar-refractivity contribution is 0.353. The summed E-state index contributed by atoms with van der Waals surface area (Å²) in [6.45, 7) is 2.58. The van der Waals surface area contributed by atoms with Crippen LogP contribution in [-0.4, -0.2) is 6.61 Å². The number of halogens is 2. The van der Waals surface area contributed by atoms with E-state index in [0.29, 0.717) is 24.3 Å². The van der Waals surface area contributed by atoms with Crippen LogP contribution in [0.15, 0.2) is 24.3 Å².